The molecule has 1 aliphatic heterocycles. The number of nitrogens with zero attached hydrogens (tertiary/aromatic N) is 4. The number of aliphatic carboxylic acids is 1. The van der Waals surface area contributed by atoms with Gasteiger partial charge in [0, 0.05) is 36.8 Å². The minimum Gasteiger partial charge on any atom is -0.475 e. The van der Waals surface area contributed by atoms with E-state index in [0.717, 1.165) is 48.1 Å². The van der Waals surface area contributed by atoms with Crippen LogP contribution in [-0.2, 0) is 11.8 Å². The number of piperidine rings is 1. The van der Waals surface area contributed by atoms with Crippen molar-refractivity contribution in [2.75, 3.05) is 13.1 Å². The zero-order valence-electron chi connectivity index (χ0n) is 17.1. The quantitative estimate of drug-likeness (QED) is 0.559. The predicted molar refractivity (Wildman–Crippen MR) is 109 cm³/mol. The fraction of sp³-hybridized carbons (Fsp3) is 0.350. The van der Waals surface area contributed by atoms with Gasteiger partial charge in [-0.3, -0.25) is 14.5 Å². The number of hydrogen-bond acceptors (Lipinski definition) is 6. The topological polar surface area (TPSA) is 122 Å². The number of halogens is 3. The Morgan fingerprint density at radius 3 is 2.59 bits per heavy atom. The molecule has 0 spiro atoms. The van der Waals surface area contributed by atoms with Crippen LogP contribution in [0.3, 0.4) is 0 Å². The molecule has 1 saturated heterocycles. The van der Waals surface area contributed by atoms with Crippen LogP contribution in [0.15, 0.2) is 36.8 Å². The number of carbonyl (C=O) groups is 2. The standard InChI is InChI=1S/C18H20N6O.C2HF3O2/c1-24-11-13-5-4-12(7-15(13)23-24)16-9-21-17(10-20-16)18(25)22-14-3-2-6-19-8-14;3-2(4,5)1(6)7/h4-5,7,9-11,14,19H,2-3,6,8H2,1H3,(H,22,25);(H,6,7). The number of carboxylic acids is 1. The van der Waals surface area contributed by atoms with E-state index in [9.17, 15) is 18.0 Å². The maximum Gasteiger partial charge on any atom is 0.490 e. The lowest BCUT2D eigenvalue weighted by atomic mass is 10.1. The summed E-state index contributed by atoms with van der Waals surface area (Å²) in [6.45, 7) is 1.82. The van der Waals surface area contributed by atoms with Crippen LogP contribution in [0.4, 0.5) is 13.2 Å². The first kappa shape index (κ1) is 23.1. The number of carbonyl (C=O) groups excluding carboxylic acids is 1. The summed E-state index contributed by atoms with van der Waals surface area (Å²) in [6, 6.07) is 6.14. The molecule has 12 heteroatoms. The second-order valence-corrected chi connectivity index (χ2v) is 7.18. The number of nitrogens with one attached hydrogen (secondary N) is 2. The van der Waals surface area contributed by atoms with Gasteiger partial charge in [-0.15, -0.1) is 0 Å². The molecule has 32 heavy (non-hydrogen) atoms. The Hall–Kier alpha value is -3.54. The highest BCUT2D eigenvalue weighted by atomic mass is 19.4. The molecule has 1 unspecified atom stereocenters. The van der Waals surface area contributed by atoms with E-state index >= 15 is 0 Å². The van der Waals surface area contributed by atoms with Crippen LogP contribution >= 0.6 is 0 Å². The number of fused-ring (bicyclic) bond motifs is 1. The largest absolute Gasteiger partial charge is 0.490 e. The first-order chi connectivity index (χ1) is 15.1. The minimum atomic E-state index is -5.08. The monoisotopic (exact) mass is 450 g/mol. The lowest BCUT2D eigenvalue weighted by Gasteiger charge is -2.23. The van der Waals surface area contributed by atoms with Crippen LogP contribution in [0.2, 0.25) is 0 Å². The number of amides is 1. The summed E-state index contributed by atoms with van der Waals surface area (Å²) < 4.78 is 33.5. The van der Waals surface area contributed by atoms with Gasteiger partial charge in [-0.1, -0.05) is 12.1 Å². The summed E-state index contributed by atoms with van der Waals surface area (Å²) in [5.41, 5.74) is 2.91. The lowest BCUT2D eigenvalue weighted by Crippen LogP contribution is -2.45. The molecular formula is C20H21F3N6O3. The third kappa shape index (κ3) is 6.00. The van der Waals surface area contributed by atoms with E-state index in [1.165, 1.54) is 6.20 Å². The third-order valence-corrected chi connectivity index (χ3v) is 4.68. The number of aromatic nitrogens is 4. The van der Waals surface area contributed by atoms with E-state index in [1.807, 2.05) is 31.4 Å². The zero-order valence-corrected chi connectivity index (χ0v) is 17.1. The number of carboxylic acid groups (broad SMARTS) is 1. The Morgan fingerprint density at radius 2 is 2.00 bits per heavy atom. The summed E-state index contributed by atoms with van der Waals surface area (Å²) in [5.74, 6) is -2.93. The van der Waals surface area contributed by atoms with E-state index in [-0.39, 0.29) is 11.9 Å². The molecule has 0 radical (unpaired) electrons. The first-order valence-electron chi connectivity index (χ1n) is 9.71. The van der Waals surface area contributed by atoms with E-state index < -0.39 is 12.1 Å². The van der Waals surface area contributed by atoms with Gasteiger partial charge < -0.3 is 15.7 Å². The summed E-state index contributed by atoms with van der Waals surface area (Å²) >= 11 is 0. The SMILES string of the molecule is Cn1cc2ccc(-c3cnc(C(=O)NC4CCCNC4)cn3)cc2n1.O=C(O)C(F)(F)F. The van der Waals surface area contributed by atoms with Crippen LogP contribution < -0.4 is 10.6 Å². The van der Waals surface area contributed by atoms with Gasteiger partial charge in [0.1, 0.15) is 5.69 Å². The second-order valence-electron chi connectivity index (χ2n) is 7.18. The van der Waals surface area contributed by atoms with Crippen molar-refractivity contribution in [3.8, 4) is 11.3 Å². The Bertz CT molecular complexity index is 1090. The van der Waals surface area contributed by atoms with Crippen molar-refractivity contribution >= 4 is 22.8 Å². The third-order valence-electron chi connectivity index (χ3n) is 4.68. The highest BCUT2D eigenvalue weighted by Crippen LogP contribution is 2.21. The smallest absolute Gasteiger partial charge is 0.475 e. The molecule has 9 nitrogen and oxygen atoms in total. The van der Waals surface area contributed by atoms with E-state index in [0.29, 0.717) is 5.69 Å². The van der Waals surface area contributed by atoms with Gasteiger partial charge in [-0.2, -0.15) is 18.3 Å². The molecule has 4 rings (SSSR count). The van der Waals surface area contributed by atoms with Gasteiger partial charge in [0.15, 0.2) is 0 Å². The average molecular weight is 450 g/mol. The fourth-order valence-corrected chi connectivity index (χ4v) is 3.13. The molecular weight excluding hydrogens is 429 g/mol. The lowest BCUT2D eigenvalue weighted by molar-refractivity contribution is -0.192. The molecule has 0 saturated carbocycles. The number of aryl methyl sites for hydroxylation is 1. The normalized spacial score (nSPS) is 16.2. The van der Waals surface area contributed by atoms with E-state index in [1.54, 1.807) is 10.9 Å². The van der Waals surface area contributed by atoms with Crippen molar-refractivity contribution < 1.29 is 27.9 Å². The van der Waals surface area contributed by atoms with Gasteiger partial charge in [0.05, 0.1) is 23.6 Å². The van der Waals surface area contributed by atoms with Crippen molar-refractivity contribution in [2.45, 2.75) is 25.1 Å². The van der Waals surface area contributed by atoms with Crippen LogP contribution in [-0.4, -0.2) is 62.0 Å². The van der Waals surface area contributed by atoms with Gasteiger partial charge in [0.25, 0.3) is 5.91 Å². The number of hydrogen-bond donors (Lipinski definition) is 3. The van der Waals surface area contributed by atoms with Crippen molar-refractivity contribution in [3.05, 3.63) is 42.5 Å². The highest BCUT2D eigenvalue weighted by Gasteiger charge is 2.38. The van der Waals surface area contributed by atoms with Crippen LogP contribution in [0.25, 0.3) is 22.2 Å². The molecule has 1 amide bonds. The Morgan fingerprint density at radius 1 is 1.25 bits per heavy atom. The van der Waals surface area contributed by atoms with E-state index in [4.69, 9.17) is 9.90 Å². The van der Waals surface area contributed by atoms with Crippen molar-refractivity contribution in [1.82, 2.24) is 30.4 Å². The van der Waals surface area contributed by atoms with Gasteiger partial charge >= 0.3 is 12.1 Å². The molecule has 170 valence electrons. The highest BCUT2D eigenvalue weighted by molar-refractivity contribution is 5.92. The predicted octanol–water partition coefficient (Wildman–Crippen LogP) is 2.15. The molecule has 1 atom stereocenters. The maximum absolute atomic E-state index is 12.3. The Labute approximate surface area is 180 Å². The summed E-state index contributed by atoms with van der Waals surface area (Å²) in [4.78, 5) is 29.9. The van der Waals surface area contributed by atoms with E-state index in [2.05, 4.69) is 25.7 Å². The molecule has 2 aromatic heterocycles. The van der Waals surface area contributed by atoms with Gasteiger partial charge in [0.2, 0.25) is 0 Å². The molecule has 1 aliphatic rings. The summed E-state index contributed by atoms with van der Waals surface area (Å²) in [5, 5.41) is 18.9. The maximum atomic E-state index is 12.3. The summed E-state index contributed by atoms with van der Waals surface area (Å²) in [6.07, 6.45) is 2.12. The second kappa shape index (κ2) is 9.73. The number of alkyl halides is 3. The molecule has 3 aromatic rings. The van der Waals surface area contributed by atoms with Crippen LogP contribution in [0.1, 0.15) is 23.3 Å². The summed E-state index contributed by atoms with van der Waals surface area (Å²) in [7, 11) is 1.90. The number of benzene rings is 1. The average Bonchev–Trinajstić information content (AvgIpc) is 3.13. The molecule has 0 bridgehead atoms. The zero-order chi connectivity index (χ0) is 23.3. The number of rotatable bonds is 3. The van der Waals surface area contributed by atoms with Crippen molar-refractivity contribution in [1.29, 1.82) is 0 Å². The molecule has 3 N–H and O–H groups in total. The van der Waals surface area contributed by atoms with Crippen molar-refractivity contribution in [2.24, 2.45) is 7.05 Å². The molecule has 0 aliphatic carbocycles. The first-order valence-corrected chi connectivity index (χ1v) is 9.71. The minimum absolute atomic E-state index is 0.161. The van der Waals surface area contributed by atoms with Crippen LogP contribution in [0, 0.1) is 0 Å². The molecule has 3 heterocycles. The molecule has 1 fully saturated rings. The molecule has 1 aromatic carbocycles. The van der Waals surface area contributed by atoms with Gasteiger partial charge in [-0.25, -0.2) is 9.78 Å². The van der Waals surface area contributed by atoms with Crippen molar-refractivity contribution in [3.63, 3.8) is 0 Å². The fourth-order valence-electron chi connectivity index (χ4n) is 3.13. The van der Waals surface area contributed by atoms with Gasteiger partial charge in [-0.05, 0) is 25.5 Å². The van der Waals surface area contributed by atoms with Crippen LogP contribution in [0.5, 0.6) is 0 Å². The Balaban J connectivity index is 0.000000360. The Kier molecular flexibility index (Phi) is 7.03.